The lowest BCUT2D eigenvalue weighted by atomic mass is 10.2. The van der Waals surface area contributed by atoms with Gasteiger partial charge in [0.05, 0.1) is 25.3 Å². The lowest BCUT2D eigenvalue weighted by Crippen LogP contribution is -2.58. The van der Waals surface area contributed by atoms with Gasteiger partial charge in [0.25, 0.3) is 0 Å². The second-order valence-electron chi connectivity index (χ2n) is 3.95. The zero-order chi connectivity index (χ0) is 13.7. The van der Waals surface area contributed by atoms with Gasteiger partial charge >= 0.3 is 12.2 Å². The normalized spacial score (nSPS) is 22.9. The number of ether oxygens (including phenoxy) is 2. The predicted octanol–water partition coefficient (Wildman–Crippen LogP) is 2.17. The summed E-state index contributed by atoms with van der Waals surface area (Å²) in [5, 5.41) is 2.57. The third-order valence-electron chi connectivity index (χ3n) is 2.58. The molecule has 0 saturated carbocycles. The van der Waals surface area contributed by atoms with Crippen LogP contribution < -0.4 is 0 Å². The van der Waals surface area contributed by atoms with Crippen molar-refractivity contribution in [2.24, 2.45) is 0 Å². The number of hydrogen-bond donors (Lipinski definition) is 0. The van der Waals surface area contributed by atoms with E-state index in [1.807, 2.05) is 26.0 Å². The number of hydrogen-bond acceptors (Lipinski definition) is 4. The minimum atomic E-state index is -0.547. The fourth-order valence-electron chi connectivity index (χ4n) is 1.76. The molecule has 1 heterocycles. The number of rotatable bonds is 2. The molecule has 1 aliphatic heterocycles. The monoisotopic (exact) mass is 256 g/mol. The molecule has 0 aromatic rings. The Morgan fingerprint density at radius 2 is 1.28 bits per heavy atom. The SMILES string of the molecule is CCOC(=O)N1[C@H](C)C=C[C@@H](C)N1C(=O)OCC. The van der Waals surface area contributed by atoms with E-state index in [4.69, 9.17) is 9.47 Å². The predicted molar refractivity (Wildman–Crippen MR) is 65.8 cm³/mol. The van der Waals surface area contributed by atoms with Crippen molar-refractivity contribution in [3.05, 3.63) is 12.2 Å². The molecule has 0 N–H and O–H groups in total. The largest absolute Gasteiger partial charge is 0.448 e. The molecule has 0 radical (unpaired) electrons. The zero-order valence-electron chi connectivity index (χ0n) is 11.3. The van der Waals surface area contributed by atoms with Crippen LogP contribution in [0.5, 0.6) is 0 Å². The van der Waals surface area contributed by atoms with E-state index in [0.29, 0.717) is 0 Å². The van der Waals surface area contributed by atoms with Gasteiger partial charge in [-0.05, 0) is 27.7 Å². The maximum absolute atomic E-state index is 11.9. The molecule has 0 aliphatic carbocycles. The van der Waals surface area contributed by atoms with Gasteiger partial charge in [-0.2, -0.15) is 0 Å². The minimum absolute atomic E-state index is 0.246. The smallest absolute Gasteiger partial charge is 0.429 e. The molecule has 0 unspecified atom stereocenters. The summed E-state index contributed by atoms with van der Waals surface area (Å²) in [6, 6.07) is -0.491. The molecule has 18 heavy (non-hydrogen) atoms. The van der Waals surface area contributed by atoms with Crippen LogP contribution >= 0.6 is 0 Å². The van der Waals surface area contributed by atoms with E-state index in [1.54, 1.807) is 13.8 Å². The van der Waals surface area contributed by atoms with Crippen LogP contribution in [0.15, 0.2) is 12.2 Å². The molecule has 2 atom stereocenters. The standard InChI is InChI=1S/C12H20N2O4/c1-5-17-11(15)13-9(3)7-8-10(4)14(13)12(16)18-6-2/h7-10H,5-6H2,1-4H3/t9-,10-/m1/s1. The molecule has 1 rings (SSSR count). The molecular weight excluding hydrogens is 236 g/mol. The Morgan fingerprint density at radius 3 is 1.56 bits per heavy atom. The average molecular weight is 256 g/mol. The first kappa shape index (κ1) is 14.3. The summed E-state index contributed by atoms with van der Waals surface area (Å²) >= 11 is 0. The molecule has 0 bridgehead atoms. The average Bonchev–Trinajstić information content (AvgIpc) is 2.32. The highest BCUT2D eigenvalue weighted by Crippen LogP contribution is 2.19. The fraction of sp³-hybridized carbons (Fsp3) is 0.667. The van der Waals surface area contributed by atoms with Crippen molar-refractivity contribution in [2.75, 3.05) is 13.2 Å². The molecular formula is C12H20N2O4. The maximum Gasteiger partial charge on any atom is 0.429 e. The van der Waals surface area contributed by atoms with Crippen molar-refractivity contribution in [3.8, 4) is 0 Å². The summed E-state index contributed by atoms with van der Waals surface area (Å²) in [5.41, 5.74) is 0. The first-order valence-corrected chi connectivity index (χ1v) is 6.13. The Hall–Kier alpha value is -1.72. The van der Waals surface area contributed by atoms with E-state index in [9.17, 15) is 9.59 Å². The van der Waals surface area contributed by atoms with Crippen LogP contribution in [0.3, 0.4) is 0 Å². The number of hydrazine groups is 1. The van der Waals surface area contributed by atoms with Crippen LogP contribution in [-0.2, 0) is 9.47 Å². The summed E-state index contributed by atoms with van der Waals surface area (Å²) in [7, 11) is 0. The highest BCUT2D eigenvalue weighted by Gasteiger charge is 2.36. The molecule has 0 spiro atoms. The molecule has 102 valence electrons. The van der Waals surface area contributed by atoms with E-state index in [-0.39, 0.29) is 25.3 Å². The Kier molecular flexibility index (Phi) is 5.00. The molecule has 1 aliphatic rings. The zero-order valence-corrected chi connectivity index (χ0v) is 11.3. The molecule has 6 heteroatoms. The van der Waals surface area contributed by atoms with Gasteiger partial charge in [-0.1, -0.05) is 12.2 Å². The number of amides is 2. The van der Waals surface area contributed by atoms with Gasteiger partial charge in [0.2, 0.25) is 0 Å². The minimum Gasteiger partial charge on any atom is -0.448 e. The van der Waals surface area contributed by atoms with Crippen LogP contribution in [0.2, 0.25) is 0 Å². The third-order valence-corrected chi connectivity index (χ3v) is 2.58. The van der Waals surface area contributed by atoms with Crippen molar-refractivity contribution < 1.29 is 19.1 Å². The van der Waals surface area contributed by atoms with Crippen LogP contribution in [0.1, 0.15) is 27.7 Å². The highest BCUT2D eigenvalue weighted by molar-refractivity contribution is 5.75. The Balaban J connectivity index is 2.95. The maximum atomic E-state index is 11.9. The van der Waals surface area contributed by atoms with Crippen molar-refractivity contribution in [1.82, 2.24) is 10.0 Å². The van der Waals surface area contributed by atoms with Crippen molar-refractivity contribution in [3.63, 3.8) is 0 Å². The molecule has 6 nitrogen and oxygen atoms in total. The van der Waals surface area contributed by atoms with E-state index in [0.717, 1.165) is 0 Å². The van der Waals surface area contributed by atoms with Gasteiger partial charge < -0.3 is 9.47 Å². The van der Waals surface area contributed by atoms with E-state index < -0.39 is 12.2 Å². The summed E-state index contributed by atoms with van der Waals surface area (Å²) in [6.07, 6.45) is 2.62. The van der Waals surface area contributed by atoms with E-state index >= 15 is 0 Å². The van der Waals surface area contributed by atoms with Crippen LogP contribution in [0, 0.1) is 0 Å². The van der Waals surface area contributed by atoms with Gasteiger partial charge in [-0.15, -0.1) is 0 Å². The summed E-state index contributed by atoms with van der Waals surface area (Å²) in [6.45, 7) is 7.59. The number of nitrogens with zero attached hydrogens (tertiary/aromatic N) is 2. The van der Waals surface area contributed by atoms with Gasteiger partial charge in [0.15, 0.2) is 0 Å². The molecule has 2 amide bonds. The quantitative estimate of drug-likeness (QED) is 0.710. The second-order valence-corrected chi connectivity index (χ2v) is 3.95. The van der Waals surface area contributed by atoms with E-state index in [1.165, 1.54) is 10.0 Å². The van der Waals surface area contributed by atoms with Gasteiger partial charge in [0.1, 0.15) is 0 Å². The lowest BCUT2D eigenvalue weighted by Gasteiger charge is -2.41. The third kappa shape index (κ3) is 2.94. The van der Waals surface area contributed by atoms with Crippen molar-refractivity contribution in [1.29, 1.82) is 0 Å². The number of carbonyl (C=O) groups excluding carboxylic acids is 2. The van der Waals surface area contributed by atoms with Gasteiger partial charge in [-0.25, -0.2) is 19.6 Å². The number of carbonyl (C=O) groups is 2. The molecule has 0 aromatic heterocycles. The Morgan fingerprint density at radius 1 is 0.944 bits per heavy atom. The summed E-state index contributed by atoms with van der Waals surface area (Å²) < 4.78 is 9.92. The highest BCUT2D eigenvalue weighted by atomic mass is 16.6. The summed E-state index contributed by atoms with van der Waals surface area (Å²) in [5.74, 6) is 0. The summed E-state index contributed by atoms with van der Waals surface area (Å²) in [4.78, 5) is 23.8. The van der Waals surface area contributed by atoms with Crippen LogP contribution in [0.25, 0.3) is 0 Å². The van der Waals surface area contributed by atoms with Gasteiger partial charge in [-0.3, -0.25) is 0 Å². The van der Waals surface area contributed by atoms with Crippen LogP contribution in [-0.4, -0.2) is 47.5 Å². The fourth-order valence-corrected chi connectivity index (χ4v) is 1.76. The first-order chi connectivity index (χ1) is 8.52. The van der Waals surface area contributed by atoms with Crippen molar-refractivity contribution >= 4 is 12.2 Å². The second kappa shape index (κ2) is 6.28. The van der Waals surface area contributed by atoms with Crippen molar-refractivity contribution in [2.45, 2.75) is 39.8 Å². The topological polar surface area (TPSA) is 59.1 Å². The molecule has 0 saturated heterocycles. The molecule has 0 aromatic carbocycles. The van der Waals surface area contributed by atoms with E-state index in [2.05, 4.69) is 0 Å². The Bertz CT molecular complexity index is 311. The first-order valence-electron chi connectivity index (χ1n) is 6.13. The molecule has 0 fully saturated rings. The van der Waals surface area contributed by atoms with Gasteiger partial charge in [0, 0.05) is 0 Å². The Labute approximate surface area is 107 Å². The lowest BCUT2D eigenvalue weighted by molar-refractivity contribution is -0.0476. The van der Waals surface area contributed by atoms with Crippen LogP contribution in [0.4, 0.5) is 9.59 Å².